The molecule has 42 heavy (non-hydrogen) atoms. The van der Waals surface area contributed by atoms with Crippen molar-refractivity contribution in [3.63, 3.8) is 0 Å². The van der Waals surface area contributed by atoms with Crippen molar-refractivity contribution in [2.24, 2.45) is 0 Å². The van der Waals surface area contributed by atoms with Gasteiger partial charge in [0.25, 0.3) is 5.89 Å². The predicted molar refractivity (Wildman–Crippen MR) is 165 cm³/mol. The Morgan fingerprint density at radius 2 is 1.43 bits per heavy atom. The molecule has 3 aromatic carbocycles. The lowest BCUT2D eigenvalue weighted by Crippen LogP contribution is -2.40. The summed E-state index contributed by atoms with van der Waals surface area (Å²) in [5, 5.41) is 13.7. The summed E-state index contributed by atoms with van der Waals surface area (Å²) in [5.41, 5.74) is 4.94. The fourth-order valence-electron chi connectivity index (χ4n) is 5.29. The van der Waals surface area contributed by atoms with Gasteiger partial charge < -0.3 is 14.5 Å². The number of amides is 1. The summed E-state index contributed by atoms with van der Waals surface area (Å²) in [4.78, 5) is 30.6. The molecule has 1 heterocycles. The van der Waals surface area contributed by atoms with Crippen LogP contribution in [0.4, 0.5) is 0 Å². The van der Waals surface area contributed by atoms with Crippen LogP contribution < -0.4 is 0 Å². The molecule has 1 amide bonds. The highest BCUT2D eigenvalue weighted by Crippen LogP contribution is 2.28. The number of aryl methyl sites for hydroxylation is 1. The maximum absolute atomic E-state index is 12.8. The lowest BCUT2D eigenvalue weighted by atomic mass is 9.99. The fraction of sp³-hybridized carbons (Fsp3) is 0.371. The van der Waals surface area contributed by atoms with Crippen LogP contribution in [0.5, 0.6) is 0 Å². The normalized spacial score (nSPS) is 11.8. The lowest BCUT2D eigenvalue weighted by Gasteiger charge is -2.30. The molecular weight excluding hydrogens is 526 g/mol. The Morgan fingerprint density at radius 1 is 0.786 bits per heavy atom. The number of benzene rings is 3. The molecule has 0 radical (unpaired) electrons. The number of rotatable bonds is 15. The minimum absolute atomic E-state index is 0.293. The van der Waals surface area contributed by atoms with Gasteiger partial charge in [-0.25, -0.2) is 4.79 Å². The van der Waals surface area contributed by atoms with E-state index in [2.05, 4.69) is 41.3 Å². The molecule has 1 atom stereocenters. The Kier molecular flexibility index (Phi) is 11.4. The van der Waals surface area contributed by atoms with Gasteiger partial charge >= 0.3 is 11.9 Å². The van der Waals surface area contributed by atoms with E-state index in [0.29, 0.717) is 31.1 Å². The Bertz CT molecular complexity index is 1400. The molecular formula is C35H41N3O4. The smallest absolute Gasteiger partial charge is 0.394 e. The second-order valence-electron chi connectivity index (χ2n) is 10.7. The first-order valence-corrected chi connectivity index (χ1v) is 15.1. The van der Waals surface area contributed by atoms with Gasteiger partial charge in [-0.3, -0.25) is 4.79 Å². The van der Waals surface area contributed by atoms with E-state index in [1.807, 2.05) is 61.5 Å². The van der Waals surface area contributed by atoms with E-state index in [9.17, 15) is 14.7 Å². The quantitative estimate of drug-likeness (QED) is 0.116. The summed E-state index contributed by atoms with van der Waals surface area (Å²) in [7, 11) is 0. The first kappa shape index (κ1) is 30.7. The number of aliphatic carboxylic acids is 1. The zero-order chi connectivity index (χ0) is 29.7. The number of carbonyl (C=O) groups excluding carboxylic acids is 1. The number of carboxylic acid groups (broad SMARTS) is 1. The molecule has 7 nitrogen and oxygen atoms in total. The lowest BCUT2D eigenvalue weighted by molar-refractivity contribution is -0.157. The highest BCUT2D eigenvalue weighted by atomic mass is 16.5. The van der Waals surface area contributed by atoms with E-state index in [4.69, 9.17) is 4.52 Å². The number of unbranched alkanes of at least 4 members (excludes halogenated alkanes) is 5. The third-order valence-corrected chi connectivity index (χ3v) is 7.67. The van der Waals surface area contributed by atoms with Crippen LogP contribution in [0.1, 0.15) is 81.8 Å². The molecule has 1 aromatic heterocycles. The van der Waals surface area contributed by atoms with Gasteiger partial charge in [-0.1, -0.05) is 118 Å². The van der Waals surface area contributed by atoms with E-state index < -0.39 is 11.9 Å². The van der Waals surface area contributed by atoms with Gasteiger partial charge in [-0.2, -0.15) is 4.98 Å². The molecule has 7 heteroatoms. The van der Waals surface area contributed by atoms with Crippen molar-refractivity contribution in [2.45, 2.75) is 77.7 Å². The topological polar surface area (TPSA) is 96.5 Å². The molecule has 0 aliphatic rings. The van der Waals surface area contributed by atoms with Crippen LogP contribution >= 0.6 is 0 Å². The van der Waals surface area contributed by atoms with Crippen molar-refractivity contribution < 1.29 is 19.2 Å². The van der Waals surface area contributed by atoms with Crippen molar-refractivity contribution in [1.82, 2.24) is 15.0 Å². The average Bonchev–Trinajstić information content (AvgIpc) is 3.50. The van der Waals surface area contributed by atoms with Crippen molar-refractivity contribution in [2.75, 3.05) is 6.54 Å². The molecule has 0 bridgehead atoms. The molecule has 0 spiro atoms. The SMILES string of the molecule is CCCCCCCCc1noc(-c2ccc(C(CC)N(CCc3ccc(-c4ccccc4)cc3)C(=O)C(=O)O)cc2)n1. The van der Waals surface area contributed by atoms with Crippen LogP contribution in [-0.2, 0) is 22.4 Å². The Labute approximate surface area is 248 Å². The summed E-state index contributed by atoms with van der Waals surface area (Å²) < 4.78 is 5.51. The highest BCUT2D eigenvalue weighted by Gasteiger charge is 2.28. The Morgan fingerprint density at radius 3 is 2.10 bits per heavy atom. The van der Waals surface area contributed by atoms with Crippen LogP contribution in [0, 0.1) is 0 Å². The molecule has 4 rings (SSSR count). The summed E-state index contributed by atoms with van der Waals surface area (Å²) in [6.07, 6.45) is 9.17. The third kappa shape index (κ3) is 8.38. The minimum atomic E-state index is -1.45. The van der Waals surface area contributed by atoms with Crippen molar-refractivity contribution in [3.05, 3.63) is 95.8 Å². The van der Waals surface area contributed by atoms with Gasteiger partial charge in [0.2, 0.25) is 0 Å². The van der Waals surface area contributed by atoms with Gasteiger partial charge in [-0.05, 0) is 53.6 Å². The second kappa shape index (κ2) is 15.7. The van der Waals surface area contributed by atoms with Gasteiger partial charge in [-0.15, -0.1) is 0 Å². The van der Waals surface area contributed by atoms with E-state index in [1.54, 1.807) is 0 Å². The van der Waals surface area contributed by atoms with Gasteiger partial charge in [0.05, 0.1) is 6.04 Å². The average molecular weight is 568 g/mol. The summed E-state index contributed by atoms with van der Waals surface area (Å²) >= 11 is 0. The molecule has 4 aromatic rings. The first-order valence-electron chi connectivity index (χ1n) is 15.1. The second-order valence-corrected chi connectivity index (χ2v) is 10.7. The van der Waals surface area contributed by atoms with Crippen LogP contribution in [-0.4, -0.2) is 38.6 Å². The first-order chi connectivity index (χ1) is 20.5. The fourth-order valence-corrected chi connectivity index (χ4v) is 5.29. The number of aromatic nitrogens is 2. The van der Waals surface area contributed by atoms with Crippen LogP contribution in [0.2, 0.25) is 0 Å². The van der Waals surface area contributed by atoms with E-state index >= 15 is 0 Å². The number of hydrogen-bond acceptors (Lipinski definition) is 5. The summed E-state index contributed by atoms with van der Waals surface area (Å²) in [6, 6.07) is 25.5. The summed E-state index contributed by atoms with van der Waals surface area (Å²) in [6.45, 7) is 4.47. The summed E-state index contributed by atoms with van der Waals surface area (Å²) in [5.74, 6) is -1.17. The molecule has 1 unspecified atom stereocenters. The number of hydrogen-bond donors (Lipinski definition) is 1. The van der Waals surface area contributed by atoms with Gasteiger partial charge in [0.1, 0.15) is 0 Å². The molecule has 0 fully saturated rings. The van der Waals surface area contributed by atoms with Crippen molar-refractivity contribution in [3.8, 4) is 22.6 Å². The number of nitrogens with zero attached hydrogens (tertiary/aromatic N) is 3. The van der Waals surface area contributed by atoms with E-state index in [-0.39, 0.29) is 6.04 Å². The van der Waals surface area contributed by atoms with Crippen molar-refractivity contribution >= 4 is 11.9 Å². The van der Waals surface area contributed by atoms with Gasteiger partial charge in [0, 0.05) is 18.5 Å². The molecule has 0 saturated heterocycles. The predicted octanol–water partition coefficient (Wildman–Crippen LogP) is 7.91. The standard InChI is InChI=1S/C35H41N3O4/c1-3-5-6-7-8-12-15-32-36-33(42-37-32)30-22-20-29(21-23-30)31(4-2)38(34(39)35(40)41)25-24-26-16-18-28(19-17-26)27-13-10-9-11-14-27/h9-11,13-14,16-23,31H,3-8,12,15,24-25H2,1-2H3,(H,40,41). The molecule has 0 saturated carbocycles. The largest absolute Gasteiger partial charge is 0.474 e. The minimum Gasteiger partial charge on any atom is -0.474 e. The maximum Gasteiger partial charge on any atom is 0.394 e. The maximum atomic E-state index is 12.8. The zero-order valence-corrected chi connectivity index (χ0v) is 24.7. The van der Waals surface area contributed by atoms with E-state index in [1.165, 1.54) is 37.0 Å². The Balaban J connectivity index is 1.41. The zero-order valence-electron chi connectivity index (χ0n) is 24.7. The molecule has 220 valence electrons. The Hall–Kier alpha value is -4.26. The molecule has 1 N–H and O–H groups in total. The third-order valence-electron chi connectivity index (χ3n) is 7.67. The molecule has 0 aliphatic heterocycles. The van der Waals surface area contributed by atoms with Crippen molar-refractivity contribution in [1.29, 1.82) is 0 Å². The van der Waals surface area contributed by atoms with Gasteiger partial charge in [0.15, 0.2) is 5.82 Å². The van der Waals surface area contributed by atoms with Crippen LogP contribution in [0.3, 0.4) is 0 Å². The van der Waals surface area contributed by atoms with Crippen LogP contribution in [0.25, 0.3) is 22.6 Å². The highest BCUT2D eigenvalue weighted by molar-refractivity contribution is 6.31. The number of carboxylic acids is 1. The van der Waals surface area contributed by atoms with Crippen LogP contribution in [0.15, 0.2) is 83.4 Å². The number of carbonyl (C=O) groups is 2. The molecule has 0 aliphatic carbocycles. The monoisotopic (exact) mass is 567 g/mol. The van der Waals surface area contributed by atoms with E-state index in [0.717, 1.165) is 40.7 Å².